The van der Waals surface area contributed by atoms with Crippen molar-refractivity contribution in [2.45, 2.75) is 123 Å². The third-order valence-electron chi connectivity index (χ3n) is 5.28. The summed E-state index contributed by atoms with van der Waals surface area (Å²) in [5.41, 5.74) is 0. The van der Waals surface area contributed by atoms with Crippen LogP contribution in [-0.4, -0.2) is 50.8 Å². The molecule has 4 unspecified atom stereocenters. The first-order valence-electron chi connectivity index (χ1n) is 11.7. The summed E-state index contributed by atoms with van der Waals surface area (Å²) in [5, 5.41) is 0. The minimum atomic E-state index is 0.413. The number of epoxide rings is 2. The first kappa shape index (κ1) is 24.9. The Kier molecular flexibility index (Phi) is 15.4. The summed E-state index contributed by atoms with van der Waals surface area (Å²) < 4.78 is 21.8. The highest BCUT2D eigenvalue weighted by molar-refractivity contribution is 4.83. The predicted molar refractivity (Wildman–Crippen MR) is 112 cm³/mol. The van der Waals surface area contributed by atoms with E-state index in [0.717, 1.165) is 39.3 Å². The molecule has 0 aromatic heterocycles. The Morgan fingerprint density at radius 3 is 1.30 bits per heavy atom. The number of hydrogen-bond acceptors (Lipinski definition) is 4. The van der Waals surface area contributed by atoms with Gasteiger partial charge in [-0.15, -0.1) is 0 Å². The molecule has 4 nitrogen and oxygen atoms in total. The highest BCUT2D eigenvalue weighted by Gasteiger charge is 2.37. The smallest absolute Gasteiger partial charge is 0.107 e. The number of hydrogen-bond donors (Lipinski definition) is 0. The minimum absolute atomic E-state index is 0.413. The van der Waals surface area contributed by atoms with Gasteiger partial charge in [0.15, 0.2) is 0 Å². The lowest BCUT2D eigenvalue weighted by Gasteiger charge is -2.01. The summed E-state index contributed by atoms with van der Waals surface area (Å²) in [6, 6.07) is 0. The maximum Gasteiger partial charge on any atom is 0.107 e. The van der Waals surface area contributed by atoms with Gasteiger partial charge in [0.05, 0.1) is 25.4 Å². The van der Waals surface area contributed by atoms with Crippen molar-refractivity contribution < 1.29 is 18.9 Å². The van der Waals surface area contributed by atoms with Crippen LogP contribution in [0.3, 0.4) is 0 Å². The van der Waals surface area contributed by atoms with Crippen LogP contribution < -0.4 is 0 Å². The molecule has 2 aliphatic heterocycles. The molecule has 2 aliphatic rings. The van der Waals surface area contributed by atoms with Gasteiger partial charge in [-0.25, -0.2) is 0 Å². The molecule has 0 radical (unpaired) electrons. The standard InChI is InChI=1S/C12H24O2.C11H22O2/c1-3-5-6-7-8-9-13-10-12-11(4-2)14-12;1-3-5-6-7-8-12-9-11-10(4-2)13-11/h11-12H,3-10H2,1-2H3;10-11H,3-9H2,1-2H3. The lowest BCUT2D eigenvalue weighted by Crippen LogP contribution is -2.05. The number of unbranched alkanes of at least 4 members (excludes halogenated alkanes) is 7. The van der Waals surface area contributed by atoms with E-state index >= 15 is 0 Å². The zero-order valence-electron chi connectivity index (χ0n) is 18.5. The molecule has 2 saturated heterocycles. The molecule has 162 valence electrons. The topological polar surface area (TPSA) is 43.5 Å². The molecule has 0 aliphatic carbocycles. The van der Waals surface area contributed by atoms with E-state index in [-0.39, 0.29) is 0 Å². The van der Waals surface area contributed by atoms with E-state index in [4.69, 9.17) is 18.9 Å². The molecule has 2 heterocycles. The summed E-state index contributed by atoms with van der Waals surface area (Å²) >= 11 is 0. The normalized spacial score (nSPS) is 25.8. The average molecular weight is 387 g/mol. The van der Waals surface area contributed by atoms with Gasteiger partial charge in [-0.05, 0) is 25.7 Å². The van der Waals surface area contributed by atoms with Crippen molar-refractivity contribution in [1.82, 2.24) is 0 Å². The fourth-order valence-corrected chi connectivity index (χ4v) is 3.21. The molecular formula is C23H46O4. The van der Waals surface area contributed by atoms with E-state index in [1.807, 2.05) is 0 Å². The van der Waals surface area contributed by atoms with Gasteiger partial charge in [-0.1, -0.05) is 72.6 Å². The SMILES string of the molecule is CCCCCCCOCC1OC1CC.CCCCCCOCC1OC1CC. The third kappa shape index (κ3) is 13.6. The average Bonchev–Trinajstić information content (AvgIpc) is 3.60. The summed E-state index contributed by atoms with van der Waals surface area (Å²) in [6.45, 7) is 12.2. The van der Waals surface area contributed by atoms with E-state index in [9.17, 15) is 0 Å². The second kappa shape index (κ2) is 16.8. The molecular weight excluding hydrogens is 340 g/mol. The van der Waals surface area contributed by atoms with Crippen molar-refractivity contribution in [2.75, 3.05) is 26.4 Å². The van der Waals surface area contributed by atoms with Gasteiger partial charge in [0.1, 0.15) is 12.2 Å². The summed E-state index contributed by atoms with van der Waals surface area (Å²) in [7, 11) is 0. The Labute approximate surface area is 168 Å². The van der Waals surface area contributed by atoms with Crippen LogP contribution in [0.2, 0.25) is 0 Å². The maximum absolute atomic E-state index is 5.54. The Balaban J connectivity index is 0.000000271. The third-order valence-corrected chi connectivity index (χ3v) is 5.28. The van der Waals surface area contributed by atoms with Crippen molar-refractivity contribution in [3.05, 3.63) is 0 Å². The van der Waals surface area contributed by atoms with Gasteiger partial charge < -0.3 is 18.9 Å². The predicted octanol–water partition coefficient (Wildman–Crippen LogP) is 5.91. The van der Waals surface area contributed by atoms with E-state index in [1.165, 1.54) is 57.8 Å². The summed E-state index contributed by atoms with van der Waals surface area (Å²) in [4.78, 5) is 0. The van der Waals surface area contributed by atoms with Gasteiger partial charge in [0.25, 0.3) is 0 Å². The number of rotatable bonds is 17. The molecule has 2 fully saturated rings. The molecule has 2 rings (SSSR count). The Hall–Kier alpha value is -0.160. The Bertz CT molecular complexity index is 324. The molecule has 0 aromatic rings. The molecule has 4 atom stereocenters. The summed E-state index contributed by atoms with van der Waals surface area (Å²) in [5.74, 6) is 0. The van der Waals surface area contributed by atoms with Crippen molar-refractivity contribution in [1.29, 1.82) is 0 Å². The zero-order valence-corrected chi connectivity index (χ0v) is 18.5. The maximum atomic E-state index is 5.54. The molecule has 4 heteroatoms. The lowest BCUT2D eigenvalue weighted by molar-refractivity contribution is 0.113. The van der Waals surface area contributed by atoms with Gasteiger partial charge in [-0.3, -0.25) is 0 Å². The van der Waals surface area contributed by atoms with Crippen molar-refractivity contribution in [2.24, 2.45) is 0 Å². The first-order chi connectivity index (χ1) is 13.3. The minimum Gasteiger partial charge on any atom is -0.379 e. The van der Waals surface area contributed by atoms with Crippen LogP contribution >= 0.6 is 0 Å². The second-order valence-corrected chi connectivity index (χ2v) is 7.87. The largest absolute Gasteiger partial charge is 0.379 e. The second-order valence-electron chi connectivity index (χ2n) is 7.87. The Morgan fingerprint density at radius 2 is 0.926 bits per heavy atom. The van der Waals surface area contributed by atoms with Crippen molar-refractivity contribution in [3.63, 3.8) is 0 Å². The van der Waals surface area contributed by atoms with Crippen LogP contribution in [0, 0.1) is 0 Å². The fourth-order valence-electron chi connectivity index (χ4n) is 3.21. The molecule has 27 heavy (non-hydrogen) atoms. The first-order valence-corrected chi connectivity index (χ1v) is 11.7. The van der Waals surface area contributed by atoms with E-state index in [1.54, 1.807) is 0 Å². The highest BCUT2D eigenvalue weighted by atomic mass is 16.6. The van der Waals surface area contributed by atoms with Gasteiger partial charge in [-0.2, -0.15) is 0 Å². The summed E-state index contributed by atoms with van der Waals surface area (Å²) in [6.07, 6.45) is 15.8. The van der Waals surface area contributed by atoms with Crippen LogP contribution in [0.15, 0.2) is 0 Å². The Morgan fingerprint density at radius 1 is 0.519 bits per heavy atom. The van der Waals surface area contributed by atoms with Crippen molar-refractivity contribution in [3.8, 4) is 0 Å². The van der Waals surface area contributed by atoms with Gasteiger partial charge in [0, 0.05) is 13.2 Å². The van der Waals surface area contributed by atoms with E-state index in [0.29, 0.717) is 24.4 Å². The molecule has 0 saturated carbocycles. The van der Waals surface area contributed by atoms with Crippen LogP contribution in [0.25, 0.3) is 0 Å². The molecule has 0 bridgehead atoms. The highest BCUT2D eigenvalue weighted by Crippen LogP contribution is 2.25. The number of ether oxygens (including phenoxy) is 4. The van der Waals surface area contributed by atoms with Crippen LogP contribution in [-0.2, 0) is 18.9 Å². The van der Waals surface area contributed by atoms with E-state index in [2.05, 4.69) is 27.7 Å². The molecule has 0 aromatic carbocycles. The van der Waals surface area contributed by atoms with Crippen molar-refractivity contribution >= 4 is 0 Å². The quantitative estimate of drug-likeness (QED) is 0.230. The molecule has 0 spiro atoms. The molecule has 0 amide bonds. The zero-order chi connectivity index (χ0) is 19.7. The van der Waals surface area contributed by atoms with Gasteiger partial charge >= 0.3 is 0 Å². The lowest BCUT2D eigenvalue weighted by atomic mass is 10.2. The molecule has 0 N–H and O–H groups in total. The fraction of sp³-hybridized carbons (Fsp3) is 1.00. The van der Waals surface area contributed by atoms with Crippen LogP contribution in [0.5, 0.6) is 0 Å². The van der Waals surface area contributed by atoms with E-state index < -0.39 is 0 Å². The van der Waals surface area contributed by atoms with Crippen LogP contribution in [0.1, 0.15) is 98.3 Å². The monoisotopic (exact) mass is 386 g/mol. The van der Waals surface area contributed by atoms with Gasteiger partial charge in [0.2, 0.25) is 0 Å². The van der Waals surface area contributed by atoms with Crippen LogP contribution in [0.4, 0.5) is 0 Å².